The van der Waals surface area contributed by atoms with E-state index < -0.39 is 0 Å². The standard InChI is InChI=1S/C18H28N4O2/c1-3-21(4-2)12-8-11-19-18(24)20-15-13-17(23)22(14-15)16-9-6-5-7-10-16/h5-7,9-10,15H,3-4,8,11-14H2,1-2H3,(H2,19,20,24)/t15-/m1/s1. The van der Waals surface area contributed by atoms with Crippen molar-refractivity contribution in [2.45, 2.75) is 32.7 Å². The number of carbonyl (C=O) groups is 2. The molecule has 6 heteroatoms. The molecule has 0 radical (unpaired) electrons. The molecule has 2 N–H and O–H groups in total. The van der Waals surface area contributed by atoms with Crippen molar-refractivity contribution < 1.29 is 9.59 Å². The molecule has 0 bridgehead atoms. The summed E-state index contributed by atoms with van der Waals surface area (Å²) in [5, 5.41) is 5.77. The highest BCUT2D eigenvalue weighted by Crippen LogP contribution is 2.20. The Kier molecular flexibility index (Phi) is 7.06. The van der Waals surface area contributed by atoms with Gasteiger partial charge in [0.1, 0.15) is 0 Å². The number of para-hydroxylation sites is 1. The van der Waals surface area contributed by atoms with Crippen LogP contribution in [-0.4, -0.2) is 55.6 Å². The van der Waals surface area contributed by atoms with Crippen LogP contribution in [0.15, 0.2) is 30.3 Å². The lowest BCUT2D eigenvalue weighted by Gasteiger charge is -2.19. The molecule has 24 heavy (non-hydrogen) atoms. The van der Waals surface area contributed by atoms with Gasteiger partial charge in [0.2, 0.25) is 5.91 Å². The molecule has 0 saturated carbocycles. The number of nitrogens with one attached hydrogen (secondary N) is 2. The lowest BCUT2D eigenvalue weighted by molar-refractivity contribution is -0.117. The Morgan fingerprint density at radius 1 is 1.25 bits per heavy atom. The molecule has 1 aromatic carbocycles. The van der Waals surface area contributed by atoms with Crippen LogP contribution < -0.4 is 15.5 Å². The Morgan fingerprint density at radius 3 is 2.62 bits per heavy atom. The summed E-state index contributed by atoms with van der Waals surface area (Å²) in [6, 6.07) is 9.23. The third kappa shape index (κ3) is 5.23. The van der Waals surface area contributed by atoms with Gasteiger partial charge < -0.3 is 20.4 Å². The van der Waals surface area contributed by atoms with E-state index in [9.17, 15) is 9.59 Å². The van der Waals surface area contributed by atoms with E-state index in [-0.39, 0.29) is 18.0 Å². The molecule has 0 spiro atoms. The number of carbonyl (C=O) groups excluding carboxylic acids is 2. The van der Waals surface area contributed by atoms with Gasteiger partial charge in [0.05, 0.1) is 6.04 Å². The molecule has 132 valence electrons. The van der Waals surface area contributed by atoms with Crippen LogP contribution in [0.3, 0.4) is 0 Å². The average Bonchev–Trinajstić information content (AvgIpc) is 2.96. The second-order valence-corrected chi connectivity index (χ2v) is 6.02. The Labute approximate surface area is 144 Å². The van der Waals surface area contributed by atoms with Crippen LogP contribution in [-0.2, 0) is 4.79 Å². The third-order valence-electron chi connectivity index (χ3n) is 4.36. The molecule has 3 amide bonds. The van der Waals surface area contributed by atoms with E-state index in [1.165, 1.54) is 0 Å². The maximum absolute atomic E-state index is 12.1. The molecule has 1 saturated heterocycles. The van der Waals surface area contributed by atoms with E-state index in [2.05, 4.69) is 29.4 Å². The molecule has 1 aromatic rings. The molecule has 0 aromatic heterocycles. The summed E-state index contributed by atoms with van der Waals surface area (Å²) in [5.74, 6) is 0.0491. The summed E-state index contributed by atoms with van der Waals surface area (Å²) < 4.78 is 0. The van der Waals surface area contributed by atoms with Gasteiger partial charge in [0, 0.05) is 25.2 Å². The van der Waals surface area contributed by atoms with E-state index >= 15 is 0 Å². The van der Waals surface area contributed by atoms with Gasteiger partial charge in [-0.15, -0.1) is 0 Å². The highest BCUT2D eigenvalue weighted by Gasteiger charge is 2.31. The summed E-state index contributed by atoms with van der Waals surface area (Å²) >= 11 is 0. The van der Waals surface area contributed by atoms with Crippen molar-refractivity contribution in [3.63, 3.8) is 0 Å². The number of nitrogens with zero attached hydrogens (tertiary/aromatic N) is 2. The SMILES string of the molecule is CCN(CC)CCCNC(=O)N[C@@H]1CC(=O)N(c2ccccc2)C1. The molecule has 0 unspecified atom stereocenters. The van der Waals surface area contributed by atoms with Crippen LogP contribution in [0.2, 0.25) is 0 Å². The second-order valence-electron chi connectivity index (χ2n) is 6.02. The van der Waals surface area contributed by atoms with Crippen LogP contribution in [0.1, 0.15) is 26.7 Å². The summed E-state index contributed by atoms with van der Waals surface area (Å²) in [4.78, 5) is 28.1. The van der Waals surface area contributed by atoms with Crippen molar-refractivity contribution in [3.8, 4) is 0 Å². The van der Waals surface area contributed by atoms with Crippen molar-refractivity contribution in [2.24, 2.45) is 0 Å². The first-order valence-electron chi connectivity index (χ1n) is 8.76. The fraction of sp³-hybridized carbons (Fsp3) is 0.556. The van der Waals surface area contributed by atoms with Gasteiger partial charge >= 0.3 is 6.03 Å². The number of anilines is 1. The zero-order valence-corrected chi connectivity index (χ0v) is 14.6. The fourth-order valence-corrected chi connectivity index (χ4v) is 2.94. The predicted octanol–water partition coefficient (Wildman–Crippen LogP) is 1.82. The molecule has 1 fully saturated rings. The van der Waals surface area contributed by atoms with Crippen LogP contribution in [0.5, 0.6) is 0 Å². The molecule has 1 atom stereocenters. The zero-order chi connectivity index (χ0) is 17.4. The minimum atomic E-state index is -0.192. The maximum atomic E-state index is 12.1. The number of urea groups is 1. The second kappa shape index (κ2) is 9.27. The molecular formula is C18H28N4O2. The molecular weight excluding hydrogens is 304 g/mol. The number of amides is 3. The van der Waals surface area contributed by atoms with Gasteiger partial charge in [0.15, 0.2) is 0 Å². The van der Waals surface area contributed by atoms with E-state index in [1.807, 2.05) is 30.3 Å². The van der Waals surface area contributed by atoms with E-state index in [0.29, 0.717) is 19.5 Å². The molecule has 1 heterocycles. The molecule has 2 rings (SSSR count). The Hall–Kier alpha value is -2.08. The zero-order valence-electron chi connectivity index (χ0n) is 14.6. The van der Waals surface area contributed by atoms with Gasteiger partial charge in [-0.1, -0.05) is 32.0 Å². The van der Waals surface area contributed by atoms with Gasteiger partial charge in [0.25, 0.3) is 0 Å². The van der Waals surface area contributed by atoms with Crippen LogP contribution >= 0.6 is 0 Å². The summed E-state index contributed by atoms with van der Waals surface area (Å²) in [6.45, 7) is 8.49. The van der Waals surface area contributed by atoms with Gasteiger partial charge in [-0.3, -0.25) is 4.79 Å². The van der Waals surface area contributed by atoms with Crippen LogP contribution in [0, 0.1) is 0 Å². The van der Waals surface area contributed by atoms with Crippen molar-refractivity contribution in [1.29, 1.82) is 0 Å². The Bertz CT molecular complexity index is 531. The monoisotopic (exact) mass is 332 g/mol. The highest BCUT2D eigenvalue weighted by atomic mass is 16.2. The highest BCUT2D eigenvalue weighted by molar-refractivity contribution is 5.96. The number of benzene rings is 1. The summed E-state index contributed by atoms with van der Waals surface area (Å²) in [7, 11) is 0. The minimum Gasteiger partial charge on any atom is -0.338 e. The van der Waals surface area contributed by atoms with E-state index in [1.54, 1.807) is 4.90 Å². The van der Waals surface area contributed by atoms with Crippen molar-refractivity contribution in [2.75, 3.05) is 37.6 Å². The lowest BCUT2D eigenvalue weighted by Crippen LogP contribution is -2.44. The van der Waals surface area contributed by atoms with Gasteiger partial charge in [-0.25, -0.2) is 4.79 Å². The smallest absolute Gasteiger partial charge is 0.315 e. The average molecular weight is 332 g/mol. The topological polar surface area (TPSA) is 64.7 Å². The van der Waals surface area contributed by atoms with Crippen molar-refractivity contribution in [1.82, 2.24) is 15.5 Å². The molecule has 1 aliphatic heterocycles. The Balaban J connectivity index is 1.70. The number of rotatable bonds is 8. The van der Waals surface area contributed by atoms with Crippen LogP contribution in [0.4, 0.5) is 10.5 Å². The predicted molar refractivity (Wildman–Crippen MR) is 96.1 cm³/mol. The molecule has 0 aliphatic carbocycles. The number of hydrogen-bond acceptors (Lipinski definition) is 3. The first kappa shape index (κ1) is 18.3. The van der Waals surface area contributed by atoms with Crippen LogP contribution in [0.25, 0.3) is 0 Å². The van der Waals surface area contributed by atoms with Crippen molar-refractivity contribution >= 4 is 17.6 Å². The fourth-order valence-electron chi connectivity index (χ4n) is 2.94. The quantitative estimate of drug-likeness (QED) is 0.714. The van der Waals surface area contributed by atoms with Gasteiger partial charge in [-0.2, -0.15) is 0 Å². The minimum absolute atomic E-state index is 0.0491. The lowest BCUT2D eigenvalue weighted by atomic mass is 10.2. The van der Waals surface area contributed by atoms with Crippen molar-refractivity contribution in [3.05, 3.63) is 30.3 Å². The third-order valence-corrected chi connectivity index (χ3v) is 4.36. The summed E-state index contributed by atoms with van der Waals surface area (Å²) in [5.41, 5.74) is 0.881. The Morgan fingerprint density at radius 2 is 1.96 bits per heavy atom. The normalized spacial score (nSPS) is 17.4. The first-order valence-corrected chi connectivity index (χ1v) is 8.76. The maximum Gasteiger partial charge on any atom is 0.315 e. The molecule has 6 nitrogen and oxygen atoms in total. The van der Waals surface area contributed by atoms with Gasteiger partial charge in [-0.05, 0) is 38.2 Å². The largest absolute Gasteiger partial charge is 0.338 e. The molecule has 1 aliphatic rings. The number of hydrogen-bond donors (Lipinski definition) is 2. The van der Waals surface area contributed by atoms with E-state index in [4.69, 9.17) is 0 Å². The summed E-state index contributed by atoms with van der Waals surface area (Å²) in [6.07, 6.45) is 1.27. The van der Waals surface area contributed by atoms with E-state index in [0.717, 1.165) is 31.7 Å². The first-order chi connectivity index (χ1) is 11.6.